The Morgan fingerprint density at radius 1 is 0.794 bits per heavy atom. The summed E-state index contributed by atoms with van der Waals surface area (Å²) in [6.45, 7) is 2.70. The van der Waals surface area contributed by atoms with Crippen LogP contribution >= 0.6 is 0 Å². The number of rotatable bonds is 9. The van der Waals surface area contributed by atoms with Gasteiger partial charge in [0, 0.05) is 25.9 Å². The average Bonchev–Trinajstić information content (AvgIpc) is 2.88. The van der Waals surface area contributed by atoms with Gasteiger partial charge in [-0.3, -0.25) is 0 Å². The van der Waals surface area contributed by atoms with Crippen molar-refractivity contribution in [1.29, 1.82) is 0 Å². The topological polar surface area (TPSA) is 75.6 Å². The second-order valence-electron chi connectivity index (χ2n) is 8.87. The number of nitrogens with zero attached hydrogens (tertiary/aromatic N) is 1. The summed E-state index contributed by atoms with van der Waals surface area (Å²) < 4.78 is 35.3. The summed E-state index contributed by atoms with van der Waals surface area (Å²) in [4.78, 5) is 0. The second kappa shape index (κ2) is 9.80. The van der Waals surface area contributed by atoms with Crippen LogP contribution in [0, 0.1) is 0 Å². The van der Waals surface area contributed by atoms with Crippen LogP contribution in [0.5, 0.6) is 34.5 Å². The molecule has 0 spiro atoms. The molecule has 1 N–H and O–H groups in total. The Morgan fingerprint density at radius 3 is 1.94 bits per heavy atom. The predicted octanol–water partition coefficient (Wildman–Crippen LogP) is 3.29. The molecule has 0 aromatic heterocycles. The molecule has 2 aromatic rings. The number of aliphatic hydroxyl groups is 1. The zero-order chi connectivity index (χ0) is 24.5. The van der Waals surface area contributed by atoms with Gasteiger partial charge in [0.15, 0.2) is 23.0 Å². The maximum absolute atomic E-state index is 9.74. The van der Waals surface area contributed by atoms with Crippen LogP contribution in [0.25, 0.3) is 0 Å². The molecule has 2 heterocycles. The monoisotopic (exact) mass is 474 g/mol. The largest absolute Gasteiger partial charge is 0.493 e. The Morgan fingerprint density at radius 2 is 1.38 bits per heavy atom. The number of fused-ring (bicyclic) bond motifs is 4. The highest BCUT2D eigenvalue weighted by Gasteiger charge is 2.49. The van der Waals surface area contributed by atoms with Crippen molar-refractivity contribution >= 4 is 0 Å². The predicted molar refractivity (Wildman–Crippen MR) is 128 cm³/mol. The van der Waals surface area contributed by atoms with Gasteiger partial charge in [0.25, 0.3) is 0 Å². The van der Waals surface area contributed by atoms with Gasteiger partial charge >= 0.3 is 0 Å². The molecular formula is C26H36NO7+. The van der Waals surface area contributed by atoms with Crippen molar-refractivity contribution in [3.05, 3.63) is 34.4 Å². The molecule has 186 valence electrons. The molecule has 0 radical (unpaired) electrons. The smallest absolute Gasteiger partial charge is 0.203 e. The first-order chi connectivity index (χ1) is 16.5. The Labute approximate surface area is 201 Å². The van der Waals surface area contributed by atoms with Gasteiger partial charge in [0.1, 0.15) is 12.6 Å². The molecular weight excluding hydrogens is 438 g/mol. The lowest BCUT2D eigenvalue weighted by Crippen LogP contribution is -2.57. The summed E-state index contributed by atoms with van der Waals surface area (Å²) in [5.74, 6) is 4.01. The zero-order valence-electron chi connectivity index (χ0n) is 21.0. The normalized spacial score (nSPS) is 20.5. The van der Waals surface area contributed by atoms with Gasteiger partial charge < -0.3 is 38.0 Å². The Balaban J connectivity index is 1.96. The average molecular weight is 475 g/mol. The van der Waals surface area contributed by atoms with Crippen molar-refractivity contribution in [1.82, 2.24) is 0 Å². The first-order valence-corrected chi connectivity index (χ1v) is 11.6. The molecule has 0 aliphatic carbocycles. The van der Waals surface area contributed by atoms with Crippen LogP contribution in [-0.2, 0) is 19.4 Å². The Bertz CT molecular complexity index is 1050. The van der Waals surface area contributed by atoms with Gasteiger partial charge in [0.05, 0.1) is 66.9 Å². The molecule has 0 fully saturated rings. The van der Waals surface area contributed by atoms with Gasteiger partial charge in [-0.2, -0.15) is 0 Å². The maximum Gasteiger partial charge on any atom is 0.203 e. The molecule has 4 rings (SSSR count). The van der Waals surface area contributed by atoms with E-state index in [1.807, 2.05) is 0 Å². The summed E-state index contributed by atoms with van der Waals surface area (Å²) in [5.41, 5.74) is 4.68. The van der Waals surface area contributed by atoms with Crippen molar-refractivity contribution < 1.29 is 38.0 Å². The number of methoxy groups -OCH3 is 6. The van der Waals surface area contributed by atoms with Crippen molar-refractivity contribution in [3.8, 4) is 34.5 Å². The van der Waals surface area contributed by atoms with E-state index in [2.05, 4.69) is 12.1 Å². The Kier molecular flexibility index (Phi) is 7.00. The summed E-state index contributed by atoms with van der Waals surface area (Å²) in [6.07, 6.45) is 2.36. The fourth-order valence-corrected chi connectivity index (χ4v) is 5.94. The van der Waals surface area contributed by atoms with Crippen LogP contribution in [0.15, 0.2) is 12.1 Å². The molecule has 8 nitrogen and oxygen atoms in total. The van der Waals surface area contributed by atoms with Gasteiger partial charge in [-0.15, -0.1) is 0 Å². The highest BCUT2D eigenvalue weighted by molar-refractivity contribution is 5.63. The van der Waals surface area contributed by atoms with E-state index in [1.165, 1.54) is 11.1 Å². The summed E-state index contributed by atoms with van der Waals surface area (Å²) in [6, 6.07) is 4.28. The quantitative estimate of drug-likeness (QED) is 0.559. The lowest BCUT2D eigenvalue weighted by Gasteiger charge is -2.52. The van der Waals surface area contributed by atoms with Gasteiger partial charge in [0.2, 0.25) is 11.5 Å². The van der Waals surface area contributed by atoms with Crippen molar-refractivity contribution in [2.45, 2.75) is 31.8 Å². The second-order valence-corrected chi connectivity index (χ2v) is 8.87. The van der Waals surface area contributed by atoms with Crippen LogP contribution in [0.4, 0.5) is 0 Å². The fourth-order valence-electron chi connectivity index (χ4n) is 5.94. The number of quaternary nitrogens is 1. The third-order valence-electron chi connectivity index (χ3n) is 7.45. The van der Waals surface area contributed by atoms with E-state index in [1.54, 1.807) is 42.7 Å². The van der Waals surface area contributed by atoms with Gasteiger partial charge in [-0.25, -0.2) is 0 Å². The molecule has 0 unspecified atom stereocenters. The van der Waals surface area contributed by atoms with E-state index in [9.17, 15) is 5.11 Å². The minimum absolute atomic E-state index is 0.125. The van der Waals surface area contributed by atoms with Gasteiger partial charge in [-0.1, -0.05) is 0 Å². The number of benzene rings is 2. The zero-order valence-corrected chi connectivity index (χ0v) is 21.0. The number of hydrogen-bond acceptors (Lipinski definition) is 7. The maximum atomic E-state index is 9.74. The van der Waals surface area contributed by atoms with Crippen LogP contribution in [0.3, 0.4) is 0 Å². The fraction of sp³-hybridized carbons (Fsp3) is 0.538. The van der Waals surface area contributed by atoms with Crippen LogP contribution in [0.2, 0.25) is 0 Å². The molecule has 0 bridgehead atoms. The highest BCUT2D eigenvalue weighted by Crippen LogP contribution is 2.55. The first-order valence-electron chi connectivity index (χ1n) is 11.6. The van der Waals surface area contributed by atoms with E-state index in [0.29, 0.717) is 29.4 Å². The molecule has 2 atom stereocenters. The lowest BCUT2D eigenvalue weighted by molar-refractivity contribution is -0.973. The van der Waals surface area contributed by atoms with E-state index in [-0.39, 0.29) is 12.6 Å². The van der Waals surface area contributed by atoms with Crippen LogP contribution in [-0.4, -0.2) is 71.9 Å². The van der Waals surface area contributed by atoms with E-state index < -0.39 is 0 Å². The summed E-state index contributed by atoms with van der Waals surface area (Å²) in [5, 5.41) is 9.74. The van der Waals surface area contributed by atoms with Crippen molar-refractivity contribution in [2.24, 2.45) is 0 Å². The minimum atomic E-state index is 0.125. The Hall–Kier alpha value is -2.84. The molecule has 2 aliphatic rings. The third kappa shape index (κ3) is 3.69. The summed E-state index contributed by atoms with van der Waals surface area (Å²) >= 11 is 0. The minimum Gasteiger partial charge on any atom is -0.493 e. The molecule has 2 aliphatic heterocycles. The number of aliphatic hydroxyl groups excluding tert-OH is 1. The molecule has 0 saturated carbocycles. The number of hydrogen-bond donors (Lipinski definition) is 1. The third-order valence-corrected chi connectivity index (χ3v) is 7.45. The summed E-state index contributed by atoms with van der Waals surface area (Å²) in [7, 11) is 9.93. The molecule has 34 heavy (non-hydrogen) atoms. The molecule has 0 saturated heterocycles. The van der Waals surface area contributed by atoms with Gasteiger partial charge in [-0.05, 0) is 23.3 Å². The van der Waals surface area contributed by atoms with E-state index in [4.69, 9.17) is 28.4 Å². The van der Waals surface area contributed by atoms with Crippen LogP contribution < -0.4 is 28.4 Å². The van der Waals surface area contributed by atoms with Crippen molar-refractivity contribution in [3.63, 3.8) is 0 Å². The molecule has 0 amide bonds. The molecule has 8 heteroatoms. The first kappa shape index (κ1) is 24.3. The lowest BCUT2D eigenvalue weighted by atomic mass is 9.80. The standard InChI is InChI=1S/C26H36NO7/c1-29-20-13-16-8-10-27(9-7-11-28)15-18-17(14-21(30-2)24(32-4)23(18)31-3)12-19(27)22(16)26(34-6)25(20)33-5/h13-14,19,28H,7-12,15H2,1-6H3/q+1/t19-,27-/m1/s1. The number of ether oxygens (including phenoxy) is 6. The highest BCUT2D eigenvalue weighted by atomic mass is 16.5. The molecule has 2 aromatic carbocycles. The van der Waals surface area contributed by atoms with E-state index >= 15 is 0 Å². The van der Waals surface area contributed by atoms with Crippen molar-refractivity contribution in [2.75, 3.05) is 62.4 Å². The van der Waals surface area contributed by atoms with Crippen LogP contribution in [0.1, 0.15) is 34.7 Å². The van der Waals surface area contributed by atoms with E-state index in [0.717, 1.165) is 59.6 Å². The SMILES string of the molecule is COc1cc2c(c(OC)c1OC)C[N@@+]1(CCCO)CCc3cc(OC)c(OC)c(OC)c3[C@H]1C2.